The molecule has 0 bridgehead atoms. The fourth-order valence-corrected chi connectivity index (χ4v) is 6.41. The molecule has 186 valence electrons. The molecule has 36 heavy (non-hydrogen) atoms. The number of hydrogen-bond donors (Lipinski definition) is 1. The van der Waals surface area contributed by atoms with Crippen LogP contribution in [-0.4, -0.2) is 47.7 Å². The molecule has 1 fully saturated rings. The quantitative estimate of drug-likeness (QED) is 0.364. The van der Waals surface area contributed by atoms with Crippen LogP contribution in [0.3, 0.4) is 0 Å². The van der Waals surface area contributed by atoms with Gasteiger partial charge in [0.2, 0.25) is 0 Å². The number of hydrogen-bond acceptors (Lipinski definition) is 6. The number of anilines is 1. The molecule has 5 rings (SSSR count). The van der Waals surface area contributed by atoms with Crippen LogP contribution in [0, 0.1) is 6.92 Å². The number of pyridine rings is 1. The second-order valence-electron chi connectivity index (χ2n) is 8.66. The minimum absolute atomic E-state index is 0.0148. The summed E-state index contributed by atoms with van der Waals surface area (Å²) in [6.45, 7) is 1.78. The van der Waals surface area contributed by atoms with E-state index in [1.807, 2.05) is 24.3 Å². The molecular weight excluding hydrogens is 523 g/mol. The van der Waals surface area contributed by atoms with E-state index in [2.05, 4.69) is 10.4 Å². The summed E-state index contributed by atoms with van der Waals surface area (Å²) in [6.07, 6.45) is 0.439. The number of benzene rings is 2. The summed E-state index contributed by atoms with van der Waals surface area (Å²) in [4.78, 5) is 18.4. The Labute approximate surface area is 218 Å². The highest BCUT2D eigenvalue weighted by Gasteiger charge is 2.32. The number of carbonyl (C=O) groups excluding carboxylic acids is 1. The van der Waals surface area contributed by atoms with Gasteiger partial charge in [-0.3, -0.25) is 4.79 Å². The van der Waals surface area contributed by atoms with Gasteiger partial charge in [-0.25, -0.2) is 18.1 Å². The van der Waals surface area contributed by atoms with Crippen LogP contribution in [0.25, 0.3) is 22.3 Å². The van der Waals surface area contributed by atoms with Gasteiger partial charge in [0.05, 0.1) is 57.0 Å². The number of aryl methyl sites for hydroxylation is 1. The first-order chi connectivity index (χ1) is 17.1. The van der Waals surface area contributed by atoms with Crippen molar-refractivity contribution in [1.82, 2.24) is 14.8 Å². The predicted molar refractivity (Wildman–Crippen MR) is 141 cm³/mol. The fourth-order valence-electron chi connectivity index (χ4n) is 4.42. The second kappa shape index (κ2) is 9.38. The molecule has 1 atom stereocenters. The minimum Gasteiger partial charge on any atom is -0.497 e. The number of nitrogens with one attached hydrogen (secondary N) is 1. The van der Waals surface area contributed by atoms with E-state index < -0.39 is 9.84 Å². The Bertz CT molecular complexity index is 1620. The number of nitrogens with zero attached hydrogens (tertiary/aromatic N) is 3. The van der Waals surface area contributed by atoms with E-state index in [-0.39, 0.29) is 23.5 Å². The van der Waals surface area contributed by atoms with Crippen molar-refractivity contribution in [3.63, 3.8) is 0 Å². The van der Waals surface area contributed by atoms with Gasteiger partial charge in [-0.15, -0.1) is 0 Å². The SMILES string of the molecule is COc1cccc(-c2cc(C(=O)Nc3ccc(Cl)c(Cl)c3)c3c(C)nn(C4CCS(=O)(=O)C4)c3n2)c1. The highest BCUT2D eigenvalue weighted by molar-refractivity contribution is 7.91. The summed E-state index contributed by atoms with van der Waals surface area (Å²) in [5, 5.41) is 8.76. The van der Waals surface area contributed by atoms with Crippen molar-refractivity contribution < 1.29 is 17.9 Å². The van der Waals surface area contributed by atoms with Gasteiger partial charge in [-0.1, -0.05) is 35.3 Å². The highest BCUT2D eigenvalue weighted by Crippen LogP contribution is 2.33. The minimum atomic E-state index is -3.16. The number of ether oxygens (including phenoxy) is 1. The zero-order valence-corrected chi connectivity index (χ0v) is 21.8. The number of halogens is 2. The second-order valence-corrected chi connectivity index (χ2v) is 11.7. The normalized spacial score (nSPS) is 16.8. The molecule has 2 aromatic heterocycles. The molecular formula is C25H22Cl2N4O4S. The molecule has 2 aromatic carbocycles. The standard InChI is InChI=1S/C25H22Cl2N4O4S/c1-14-23-19(25(32)28-16-6-7-20(26)21(27)11-16)12-22(15-4-3-5-18(10-15)35-2)29-24(23)31(30-14)17-8-9-36(33,34)13-17/h3-7,10-12,17H,8-9,13H2,1-2H3,(H,28,32). The number of sulfone groups is 1. The number of rotatable bonds is 5. The lowest BCUT2D eigenvalue weighted by Crippen LogP contribution is -2.15. The van der Waals surface area contributed by atoms with Gasteiger partial charge in [-0.05, 0) is 49.7 Å². The molecule has 1 N–H and O–H groups in total. The van der Waals surface area contributed by atoms with E-state index in [0.717, 1.165) is 5.56 Å². The van der Waals surface area contributed by atoms with Crippen molar-refractivity contribution in [3.8, 4) is 17.0 Å². The van der Waals surface area contributed by atoms with E-state index in [9.17, 15) is 13.2 Å². The van der Waals surface area contributed by atoms with E-state index in [1.54, 1.807) is 43.0 Å². The van der Waals surface area contributed by atoms with Crippen LogP contribution < -0.4 is 10.1 Å². The van der Waals surface area contributed by atoms with Gasteiger partial charge in [0.25, 0.3) is 5.91 Å². The van der Waals surface area contributed by atoms with Crippen molar-refractivity contribution in [3.05, 3.63) is 69.8 Å². The summed E-state index contributed by atoms with van der Waals surface area (Å²) in [5.74, 6) is 0.339. The largest absolute Gasteiger partial charge is 0.497 e. The maximum atomic E-state index is 13.5. The molecule has 0 saturated carbocycles. The Morgan fingerprint density at radius 1 is 1.14 bits per heavy atom. The number of methoxy groups -OCH3 is 1. The topological polar surface area (TPSA) is 103 Å². The van der Waals surface area contributed by atoms with Crippen LogP contribution >= 0.6 is 23.2 Å². The number of fused-ring (bicyclic) bond motifs is 1. The van der Waals surface area contributed by atoms with Crippen LogP contribution in [0.5, 0.6) is 5.75 Å². The average molecular weight is 545 g/mol. The van der Waals surface area contributed by atoms with Crippen LogP contribution in [0.15, 0.2) is 48.5 Å². The van der Waals surface area contributed by atoms with Crippen molar-refractivity contribution in [1.29, 1.82) is 0 Å². The van der Waals surface area contributed by atoms with Crippen LogP contribution in [0.1, 0.15) is 28.5 Å². The molecule has 1 saturated heterocycles. The summed E-state index contributed by atoms with van der Waals surface area (Å²) in [7, 11) is -1.58. The first-order valence-electron chi connectivity index (χ1n) is 11.2. The Balaban J connectivity index is 1.68. The van der Waals surface area contributed by atoms with Crippen LogP contribution in [0.2, 0.25) is 10.0 Å². The lowest BCUT2D eigenvalue weighted by atomic mass is 10.0. The lowest BCUT2D eigenvalue weighted by Gasteiger charge is -2.13. The molecule has 1 amide bonds. The van der Waals surface area contributed by atoms with Crippen molar-refractivity contribution in [2.45, 2.75) is 19.4 Å². The van der Waals surface area contributed by atoms with E-state index in [0.29, 0.717) is 55.9 Å². The van der Waals surface area contributed by atoms with Gasteiger partial charge < -0.3 is 10.1 Å². The number of carbonyl (C=O) groups is 1. The Morgan fingerprint density at radius 2 is 1.94 bits per heavy atom. The monoisotopic (exact) mass is 544 g/mol. The smallest absolute Gasteiger partial charge is 0.256 e. The number of amides is 1. The summed E-state index contributed by atoms with van der Waals surface area (Å²) in [6, 6.07) is 13.5. The van der Waals surface area contributed by atoms with Crippen molar-refractivity contribution in [2.75, 3.05) is 23.9 Å². The van der Waals surface area contributed by atoms with Crippen LogP contribution in [0.4, 0.5) is 5.69 Å². The van der Waals surface area contributed by atoms with Crippen molar-refractivity contribution >= 4 is 55.7 Å². The molecule has 4 aromatic rings. The summed E-state index contributed by atoms with van der Waals surface area (Å²) >= 11 is 12.1. The maximum Gasteiger partial charge on any atom is 0.256 e. The number of aromatic nitrogens is 3. The summed E-state index contributed by atoms with van der Waals surface area (Å²) < 4.78 is 31.4. The van der Waals surface area contributed by atoms with Gasteiger partial charge >= 0.3 is 0 Å². The lowest BCUT2D eigenvalue weighted by molar-refractivity contribution is 0.102. The molecule has 8 nitrogen and oxygen atoms in total. The molecule has 1 aliphatic heterocycles. The van der Waals surface area contributed by atoms with Crippen molar-refractivity contribution in [2.24, 2.45) is 0 Å². The third kappa shape index (κ3) is 4.66. The molecule has 0 aliphatic carbocycles. The predicted octanol–water partition coefficient (Wildman–Crippen LogP) is 5.33. The Morgan fingerprint density at radius 3 is 2.64 bits per heavy atom. The highest BCUT2D eigenvalue weighted by atomic mass is 35.5. The third-order valence-corrected chi connectivity index (χ3v) is 8.67. The molecule has 1 aliphatic rings. The van der Waals surface area contributed by atoms with Crippen LogP contribution in [-0.2, 0) is 9.84 Å². The van der Waals surface area contributed by atoms with E-state index >= 15 is 0 Å². The molecule has 3 heterocycles. The Kier molecular flexibility index (Phi) is 6.40. The fraction of sp³-hybridized carbons (Fsp3) is 0.240. The summed E-state index contributed by atoms with van der Waals surface area (Å²) in [5.41, 5.74) is 3.14. The molecule has 1 unspecified atom stereocenters. The average Bonchev–Trinajstić information content (AvgIpc) is 3.39. The van der Waals surface area contributed by atoms with Gasteiger partial charge in [0.15, 0.2) is 15.5 Å². The molecule has 11 heteroatoms. The zero-order chi connectivity index (χ0) is 25.6. The zero-order valence-electron chi connectivity index (χ0n) is 19.5. The van der Waals surface area contributed by atoms with Gasteiger partial charge in [0.1, 0.15) is 5.75 Å². The first-order valence-corrected chi connectivity index (χ1v) is 13.7. The molecule has 0 spiro atoms. The van der Waals surface area contributed by atoms with Gasteiger partial charge in [0, 0.05) is 11.3 Å². The molecule has 0 radical (unpaired) electrons. The van der Waals surface area contributed by atoms with Gasteiger partial charge in [-0.2, -0.15) is 5.10 Å². The van der Waals surface area contributed by atoms with E-state index in [4.69, 9.17) is 32.9 Å². The third-order valence-electron chi connectivity index (χ3n) is 6.18. The maximum absolute atomic E-state index is 13.5. The Hall–Kier alpha value is -3.14. The van der Waals surface area contributed by atoms with E-state index in [1.165, 1.54) is 0 Å². The first kappa shape index (κ1) is 24.5.